The second kappa shape index (κ2) is 5.77. The van der Waals surface area contributed by atoms with Crippen molar-refractivity contribution in [3.63, 3.8) is 0 Å². The molecule has 21 heavy (non-hydrogen) atoms. The molecule has 0 aliphatic heterocycles. The molecular formula is C15H18BrN3O2. The van der Waals surface area contributed by atoms with Gasteiger partial charge in [-0.25, -0.2) is 0 Å². The molecule has 1 fully saturated rings. The lowest BCUT2D eigenvalue weighted by atomic mass is 9.84. The molecule has 0 saturated heterocycles. The summed E-state index contributed by atoms with van der Waals surface area (Å²) >= 11 is 3.49. The molecule has 1 aromatic heterocycles. The van der Waals surface area contributed by atoms with Gasteiger partial charge in [0.25, 0.3) is 5.89 Å². The lowest BCUT2D eigenvalue weighted by Crippen LogP contribution is -2.32. The second-order valence-corrected chi connectivity index (χ2v) is 6.28. The Morgan fingerprint density at radius 1 is 1.29 bits per heavy atom. The summed E-state index contributed by atoms with van der Waals surface area (Å²) in [6.45, 7) is 0. The molecule has 1 saturated carbocycles. The molecule has 6 heteroatoms. The molecule has 2 aromatic rings. The van der Waals surface area contributed by atoms with Gasteiger partial charge in [0, 0.05) is 17.3 Å². The van der Waals surface area contributed by atoms with Gasteiger partial charge in [-0.2, -0.15) is 4.98 Å². The second-order valence-electron chi connectivity index (χ2n) is 5.42. The van der Waals surface area contributed by atoms with Crippen LogP contribution in [0.3, 0.4) is 0 Å². The van der Waals surface area contributed by atoms with Crippen molar-refractivity contribution in [3.8, 4) is 11.5 Å². The number of ether oxygens (including phenoxy) is 1. The van der Waals surface area contributed by atoms with Crippen molar-refractivity contribution in [1.82, 2.24) is 10.1 Å². The number of halogens is 1. The van der Waals surface area contributed by atoms with Crippen LogP contribution < -0.4 is 5.73 Å². The number of benzene rings is 1. The molecule has 2 N–H and O–H groups in total. The highest BCUT2D eigenvalue weighted by Gasteiger charge is 2.38. The molecular weight excluding hydrogens is 334 g/mol. The number of aromatic nitrogens is 2. The topological polar surface area (TPSA) is 74.2 Å². The molecule has 1 aliphatic carbocycles. The Balaban J connectivity index is 1.97. The summed E-state index contributed by atoms with van der Waals surface area (Å²) in [6, 6.07) is 5.52. The fraction of sp³-hybridized carbons (Fsp3) is 0.467. The Bertz CT molecular complexity index is 636. The zero-order valence-electron chi connectivity index (χ0n) is 11.9. The van der Waals surface area contributed by atoms with Crippen LogP contribution in [0.15, 0.2) is 27.2 Å². The van der Waals surface area contributed by atoms with Crippen molar-refractivity contribution in [3.05, 3.63) is 28.5 Å². The third-order valence-corrected chi connectivity index (χ3v) is 4.80. The fourth-order valence-electron chi connectivity index (χ4n) is 2.87. The van der Waals surface area contributed by atoms with Gasteiger partial charge >= 0.3 is 0 Å². The van der Waals surface area contributed by atoms with Crippen LogP contribution in [-0.4, -0.2) is 17.3 Å². The van der Waals surface area contributed by atoms with Gasteiger partial charge in [-0.1, -0.05) is 24.4 Å². The maximum absolute atomic E-state index is 5.83. The van der Waals surface area contributed by atoms with E-state index in [4.69, 9.17) is 15.0 Å². The minimum absolute atomic E-state index is 0.410. The number of nitrogens with zero attached hydrogens (tertiary/aromatic N) is 2. The Morgan fingerprint density at radius 3 is 2.76 bits per heavy atom. The average Bonchev–Trinajstić information content (AvgIpc) is 3.00. The highest BCUT2D eigenvalue weighted by Crippen LogP contribution is 2.39. The van der Waals surface area contributed by atoms with Crippen LogP contribution in [0.4, 0.5) is 5.69 Å². The molecule has 5 nitrogen and oxygen atoms in total. The molecule has 0 unspecified atom stereocenters. The van der Waals surface area contributed by atoms with Crippen LogP contribution in [0.2, 0.25) is 0 Å². The first-order chi connectivity index (χ1) is 10.1. The summed E-state index contributed by atoms with van der Waals surface area (Å²) in [6.07, 6.45) is 5.34. The van der Waals surface area contributed by atoms with Gasteiger partial charge in [0.1, 0.15) is 5.60 Å². The van der Waals surface area contributed by atoms with Gasteiger partial charge in [-0.05, 0) is 47.0 Å². The van der Waals surface area contributed by atoms with E-state index in [0.717, 1.165) is 35.7 Å². The van der Waals surface area contributed by atoms with Crippen molar-refractivity contribution < 1.29 is 9.26 Å². The Labute approximate surface area is 132 Å². The fourth-order valence-corrected chi connectivity index (χ4v) is 3.28. The van der Waals surface area contributed by atoms with Gasteiger partial charge in [-0.15, -0.1) is 0 Å². The van der Waals surface area contributed by atoms with Gasteiger partial charge in [-0.3, -0.25) is 0 Å². The minimum atomic E-state index is -0.410. The summed E-state index contributed by atoms with van der Waals surface area (Å²) in [5.74, 6) is 1.10. The van der Waals surface area contributed by atoms with Crippen molar-refractivity contribution in [1.29, 1.82) is 0 Å². The van der Waals surface area contributed by atoms with E-state index in [2.05, 4.69) is 26.1 Å². The normalized spacial score (nSPS) is 17.8. The van der Waals surface area contributed by atoms with Crippen LogP contribution >= 0.6 is 15.9 Å². The number of nitrogens with two attached hydrogens (primary N) is 1. The maximum Gasteiger partial charge on any atom is 0.259 e. The molecule has 3 rings (SSSR count). The molecule has 0 atom stereocenters. The van der Waals surface area contributed by atoms with Crippen LogP contribution in [0.25, 0.3) is 11.5 Å². The molecule has 0 bridgehead atoms. The quantitative estimate of drug-likeness (QED) is 0.849. The molecule has 1 aromatic carbocycles. The number of rotatable bonds is 3. The minimum Gasteiger partial charge on any atom is -0.399 e. The summed E-state index contributed by atoms with van der Waals surface area (Å²) in [5, 5.41) is 4.16. The third-order valence-electron chi connectivity index (χ3n) is 4.11. The highest BCUT2D eigenvalue weighted by atomic mass is 79.9. The summed E-state index contributed by atoms with van der Waals surface area (Å²) in [7, 11) is 1.72. The van der Waals surface area contributed by atoms with E-state index < -0.39 is 5.60 Å². The van der Waals surface area contributed by atoms with Crippen LogP contribution in [0, 0.1) is 0 Å². The van der Waals surface area contributed by atoms with Crippen molar-refractivity contribution in [2.75, 3.05) is 12.8 Å². The predicted octanol–water partition coefficient (Wildman–Crippen LogP) is 3.89. The first-order valence-electron chi connectivity index (χ1n) is 7.09. The van der Waals surface area contributed by atoms with E-state index in [9.17, 15) is 0 Å². The Morgan fingerprint density at radius 2 is 2.05 bits per heavy atom. The average molecular weight is 352 g/mol. The zero-order valence-corrected chi connectivity index (χ0v) is 13.5. The predicted molar refractivity (Wildman–Crippen MR) is 83.6 cm³/mol. The summed E-state index contributed by atoms with van der Waals surface area (Å²) in [4.78, 5) is 4.56. The van der Waals surface area contributed by atoms with E-state index >= 15 is 0 Å². The molecule has 0 spiro atoms. The first-order valence-corrected chi connectivity index (χ1v) is 7.89. The van der Waals surface area contributed by atoms with Gasteiger partial charge in [0.15, 0.2) is 0 Å². The lowest BCUT2D eigenvalue weighted by molar-refractivity contribution is -0.0527. The molecule has 1 aliphatic rings. The van der Waals surface area contributed by atoms with Crippen LogP contribution in [0.1, 0.15) is 37.9 Å². The molecule has 112 valence electrons. The third kappa shape index (κ3) is 2.70. The van der Waals surface area contributed by atoms with E-state index in [-0.39, 0.29) is 0 Å². The summed E-state index contributed by atoms with van der Waals surface area (Å²) < 4.78 is 12.1. The smallest absolute Gasteiger partial charge is 0.259 e. The largest absolute Gasteiger partial charge is 0.399 e. The maximum atomic E-state index is 5.83. The summed E-state index contributed by atoms with van der Waals surface area (Å²) in [5.41, 5.74) is 6.88. The zero-order chi connectivity index (χ0) is 14.9. The van der Waals surface area contributed by atoms with Crippen molar-refractivity contribution >= 4 is 21.6 Å². The van der Waals surface area contributed by atoms with E-state index in [0.29, 0.717) is 17.4 Å². The van der Waals surface area contributed by atoms with Crippen LogP contribution in [0.5, 0.6) is 0 Å². The van der Waals surface area contributed by atoms with Gasteiger partial charge in [0.2, 0.25) is 5.82 Å². The number of anilines is 1. The molecule has 0 radical (unpaired) electrons. The van der Waals surface area contributed by atoms with E-state index in [1.165, 1.54) is 6.42 Å². The monoisotopic (exact) mass is 351 g/mol. The number of nitrogen functional groups attached to an aromatic ring is 1. The van der Waals surface area contributed by atoms with Crippen molar-refractivity contribution in [2.45, 2.75) is 37.7 Å². The van der Waals surface area contributed by atoms with Gasteiger partial charge < -0.3 is 15.0 Å². The number of hydrogen-bond donors (Lipinski definition) is 1. The van der Waals surface area contributed by atoms with Crippen LogP contribution in [-0.2, 0) is 10.3 Å². The standard InChI is InChI=1S/C15H18BrN3O2/c1-20-15(7-3-2-4-8-15)14-18-13(21-19-14)11-9-10(17)5-6-12(11)16/h5-6,9H,2-4,7-8,17H2,1H3. The highest BCUT2D eigenvalue weighted by molar-refractivity contribution is 9.10. The Kier molecular flexibility index (Phi) is 3.99. The van der Waals surface area contributed by atoms with Gasteiger partial charge in [0.05, 0.1) is 5.56 Å². The van der Waals surface area contributed by atoms with E-state index in [1.54, 1.807) is 7.11 Å². The first kappa shape index (κ1) is 14.5. The number of hydrogen-bond acceptors (Lipinski definition) is 5. The number of methoxy groups -OCH3 is 1. The lowest BCUT2D eigenvalue weighted by Gasteiger charge is -2.32. The van der Waals surface area contributed by atoms with Crippen molar-refractivity contribution in [2.24, 2.45) is 0 Å². The molecule has 0 amide bonds. The Hall–Kier alpha value is -1.40. The SMILES string of the molecule is COC1(c2noc(-c3cc(N)ccc3Br)n2)CCCCC1. The van der Waals surface area contributed by atoms with E-state index in [1.807, 2.05) is 18.2 Å². The molecule has 1 heterocycles.